The maximum Gasteiger partial charge on any atom is 0.235 e. The van der Waals surface area contributed by atoms with Gasteiger partial charge in [-0.2, -0.15) is 0 Å². The first-order valence-corrected chi connectivity index (χ1v) is 8.27. The van der Waals surface area contributed by atoms with Gasteiger partial charge in [-0.3, -0.25) is 4.79 Å². The molecule has 1 aromatic carbocycles. The van der Waals surface area contributed by atoms with E-state index >= 15 is 0 Å². The lowest BCUT2D eigenvalue weighted by Gasteiger charge is -2.33. The summed E-state index contributed by atoms with van der Waals surface area (Å²) in [4.78, 5) is 15.0. The Balaban J connectivity index is 2.00. The van der Waals surface area contributed by atoms with E-state index < -0.39 is 0 Å². The van der Waals surface area contributed by atoms with Crippen molar-refractivity contribution in [3.05, 3.63) is 28.2 Å². The number of nitrogens with zero attached hydrogens (tertiary/aromatic N) is 1. The predicted molar refractivity (Wildman–Crippen MR) is 85.2 cm³/mol. The molecule has 0 aromatic heterocycles. The number of morpholine rings is 1. The van der Waals surface area contributed by atoms with Crippen LogP contribution in [-0.2, 0) is 9.53 Å². The molecule has 116 valence electrons. The Hall–Kier alpha value is -0.460. The number of hydrogen-bond donors (Lipinski definition) is 1. The van der Waals surface area contributed by atoms with Gasteiger partial charge in [-0.05, 0) is 25.1 Å². The van der Waals surface area contributed by atoms with Crippen molar-refractivity contribution < 1.29 is 14.6 Å². The number of aliphatic hydroxyl groups excluding tert-OH is 1. The van der Waals surface area contributed by atoms with E-state index in [0.29, 0.717) is 29.7 Å². The third-order valence-electron chi connectivity index (χ3n) is 3.20. The Morgan fingerprint density at radius 3 is 3.05 bits per heavy atom. The van der Waals surface area contributed by atoms with Gasteiger partial charge in [0, 0.05) is 23.0 Å². The quantitative estimate of drug-likeness (QED) is 0.849. The number of carbonyl (C=O) groups excluding carboxylic acids is 1. The molecular formula is C14H17Cl2NO3S. The number of hydrogen-bond acceptors (Lipinski definition) is 4. The Labute approximate surface area is 138 Å². The number of amides is 1. The summed E-state index contributed by atoms with van der Waals surface area (Å²) in [5.41, 5.74) is 0. The summed E-state index contributed by atoms with van der Waals surface area (Å²) >= 11 is 13.5. The summed E-state index contributed by atoms with van der Waals surface area (Å²) in [6.45, 7) is 3.18. The fourth-order valence-electron chi connectivity index (χ4n) is 2.10. The van der Waals surface area contributed by atoms with Crippen molar-refractivity contribution in [3.8, 4) is 0 Å². The Bertz CT molecular complexity index is 515. The van der Waals surface area contributed by atoms with Crippen molar-refractivity contribution >= 4 is 40.9 Å². The maximum atomic E-state index is 12.5. The zero-order valence-corrected chi connectivity index (χ0v) is 13.9. The average Bonchev–Trinajstić information content (AvgIpc) is 2.50. The first-order chi connectivity index (χ1) is 10.0. The number of benzene rings is 1. The van der Waals surface area contributed by atoms with Crippen LogP contribution in [0, 0.1) is 0 Å². The van der Waals surface area contributed by atoms with Crippen LogP contribution in [0.5, 0.6) is 0 Å². The van der Waals surface area contributed by atoms with E-state index in [4.69, 9.17) is 33.0 Å². The fourth-order valence-corrected chi connectivity index (χ4v) is 3.59. The molecule has 0 aliphatic carbocycles. The molecule has 1 saturated heterocycles. The Morgan fingerprint density at radius 2 is 2.33 bits per heavy atom. The van der Waals surface area contributed by atoms with Crippen LogP contribution in [0.1, 0.15) is 6.92 Å². The fraction of sp³-hybridized carbons (Fsp3) is 0.500. The van der Waals surface area contributed by atoms with E-state index in [9.17, 15) is 4.79 Å². The van der Waals surface area contributed by atoms with Gasteiger partial charge in [0.25, 0.3) is 0 Å². The van der Waals surface area contributed by atoms with Gasteiger partial charge in [0.2, 0.25) is 5.91 Å². The van der Waals surface area contributed by atoms with Crippen LogP contribution in [-0.4, -0.2) is 53.6 Å². The zero-order valence-electron chi connectivity index (χ0n) is 11.6. The second kappa shape index (κ2) is 7.70. The highest BCUT2D eigenvalue weighted by atomic mass is 35.5. The van der Waals surface area contributed by atoms with E-state index in [2.05, 4.69) is 0 Å². The van der Waals surface area contributed by atoms with Gasteiger partial charge in [0.15, 0.2) is 0 Å². The van der Waals surface area contributed by atoms with Gasteiger partial charge in [-0.15, -0.1) is 11.8 Å². The molecule has 1 amide bonds. The normalized spacial score (nSPS) is 20.4. The number of rotatable bonds is 4. The average molecular weight is 350 g/mol. The highest BCUT2D eigenvalue weighted by Gasteiger charge is 2.27. The second-order valence-electron chi connectivity index (χ2n) is 4.79. The summed E-state index contributed by atoms with van der Waals surface area (Å²) < 4.78 is 5.35. The van der Waals surface area contributed by atoms with Crippen LogP contribution in [0.4, 0.5) is 0 Å². The standard InChI is InChI=1S/C14H17Cl2NO3S/c1-9(21-13-6-10(15)2-3-12(13)16)14(19)17-4-5-20-11(7-17)8-18/h2-3,6,9,11,18H,4-5,7-8H2,1H3/t9-,11+/m0/s1. The highest BCUT2D eigenvalue weighted by molar-refractivity contribution is 8.00. The molecule has 0 saturated carbocycles. The van der Waals surface area contributed by atoms with Gasteiger partial charge in [-0.25, -0.2) is 0 Å². The molecule has 1 aliphatic heterocycles. The number of halogens is 2. The van der Waals surface area contributed by atoms with Crippen molar-refractivity contribution in [1.82, 2.24) is 4.90 Å². The molecule has 1 heterocycles. The molecule has 1 aromatic rings. The van der Waals surface area contributed by atoms with Crippen molar-refractivity contribution in [1.29, 1.82) is 0 Å². The first-order valence-electron chi connectivity index (χ1n) is 6.64. The summed E-state index contributed by atoms with van der Waals surface area (Å²) in [5.74, 6) is 0.0118. The number of aliphatic hydroxyl groups is 1. The monoisotopic (exact) mass is 349 g/mol. The molecule has 1 fully saturated rings. The molecule has 0 bridgehead atoms. The topological polar surface area (TPSA) is 49.8 Å². The van der Waals surface area contributed by atoms with Crippen LogP contribution in [0.2, 0.25) is 10.0 Å². The molecule has 2 rings (SSSR count). The van der Waals surface area contributed by atoms with Gasteiger partial charge < -0.3 is 14.7 Å². The van der Waals surface area contributed by atoms with Gasteiger partial charge >= 0.3 is 0 Å². The van der Waals surface area contributed by atoms with Crippen LogP contribution in [0.3, 0.4) is 0 Å². The SMILES string of the molecule is C[C@H](Sc1cc(Cl)ccc1Cl)C(=O)N1CCO[C@@H](CO)C1. The molecule has 0 spiro atoms. The van der Waals surface area contributed by atoms with E-state index in [-0.39, 0.29) is 23.9 Å². The summed E-state index contributed by atoms with van der Waals surface area (Å²) in [6.07, 6.45) is -0.297. The Morgan fingerprint density at radius 1 is 1.57 bits per heavy atom. The van der Waals surface area contributed by atoms with Crippen molar-refractivity contribution in [3.63, 3.8) is 0 Å². The summed E-state index contributed by atoms with van der Waals surface area (Å²) in [7, 11) is 0. The van der Waals surface area contributed by atoms with Gasteiger partial charge in [0.05, 0.1) is 29.6 Å². The number of ether oxygens (including phenoxy) is 1. The lowest BCUT2D eigenvalue weighted by Crippen LogP contribution is -2.49. The molecule has 0 unspecified atom stereocenters. The van der Waals surface area contributed by atoms with Crippen LogP contribution in [0.25, 0.3) is 0 Å². The molecule has 7 heteroatoms. The smallest absolute Gasteiger partial charge is 0.235 e. The van der Waals surface area contributed by atoms with Crippen molar-refractivity contribution in [2.45, 2.75) is 23.2 Å². The van der Waals surface area contributed by atoms with E-state index in [1.54, 1.807) is 23.1 Å². The highest BCUT2D eigenvalue weighted by Crippen LogP contribution is 2.33. The minimum atomic E-state index is -0.297. The minimum absolute atomic E-state index is 0.0118. The predicted octanol–water partition coefficient (Wildman–Crippen LogP) is 2.69. The molecule has 2 atom stereocenters. The minimum Gasteiger partial charge on any atom is -0.394 e. The molecule has 0 radical (unpaired) electrons. The maximum absolute atomic E-state index is 12.5. The third kappa shape index (κ3) is 4.50. The van der Waals surface area contributed by atoms with Gasteiger partial charge in [0.1, 0.15) is 0 Å². The molecule has 4 nitrogen and oxygen atoms in total. The number of carbonyl (C=O) groups is 1. The van der Waals surface area contributed by atoms with Crippen LogP contribution >= 0.6 is 35.0 Å². The van der Waals surface area contributed by atoms with Crippen molar-refractivity contribution in [2.24, 2.45) is 0 Å². The molecule has 1 aliphatic rings. The largest absolute Gasteiger partial charge is 0.394 e. The van der Waals surface area contributed by atoms with E-state index in [1.165, 1.54) is 11.8 Å². The summed E-state index contributed by atoms with van der Waals surface area (Å²) in [6, 6.07) is 5.20. The van der Waals surface area contributed by atoms with E-state index in [0.717, 1.165) is 4.90 Å². The molecule has 1 N–H and O–H groups in total. The second-order valence-corrected chi connectivity index (χ2v) is 7.02. The van der Waals surface area contributed by atoms with Crippen LogP contribution < -0.4 is 0 Å². The van der Waals surface area contributed by atoms with E-state index in [1.807, 2.05) is 6.92 Å². The lowest BCUT2D eigenvalue weighted by molar-refractivity contribution is -0.139. The van der Waals surface area contributed by atoms with Crippen molar-refractivity contribution in [2.75, 3.05) is 26.3 Å². The van der Waals surface area contributed by atoms with Crippen LogP contribution in [0.15, 0.2) is 23.1 Å². The summed E-state index contributed by atoms with van der Waals surface area (Å²) in [5, 5.41) is 10.0. The zero-order chi connectivity index (χ0) is 15.4. The molecule has 21 heavy (non-hydrogen) atoms. The third-order valence-corrected chi connectivity index (χ3v) is 5.02. The Kier molecular flexibility index (Phi) is 6.20. The first kappa shape index (κ1) is 16.9. The lowest BCUT2D eigenvalue weighted by atomic mass is 10.2. The number of thioether (sulfide) groups is 1. The molecular weight excluding hydrogens is 333 g/mol. The van der Waals surface area contributed by atoms with Gasteiger partial charge in [-0.1, -0.05) is 23.2 Å².